The van der Waals surface area contributed by atoms with Crippen LogP contribution < -0.4 is 5.32 Å². The van der Waals surface area contributed by atoms with Crippen LogP contribution in [0.15, 0.2) is 6.07 Å². The Bertz CT molecular complexity index is 488. The second-order valence-electron chi connectivity index (χ2n) is 6.93. The highest BCUT2D eigenvalue weighted by Crippen LogP contribution is 2.40. The summed E-state index contributed by atoms with van der Waals surface area (Å²) in [4.78, 5) is 12.4. The first-order chi connectivity index (χ1) is 10.1. The van der Waals surface area contributed by atoms with E-state index in [1.54, 1.807) is 0 Å². The third-order valence-electron chi connectivity index (χ3n) is 4.76. The Morgan fingerprint density at radius 1 is 1.24 bits per heavy atom. The summed E-state index contributed by atoms with van der Waals surface area (Å²) >= 11 is 0. The molecule has 3 rings (SSSR count). The van der Waals surface area contributed by atoms with Gasteiger partial charge >= 0.3 is 0 Å². The number of nitrogens with zero attached hydrogens (tertiary/aromatic N) is 3. The predicted octanol–water partition coefficient (Wildman–Crippen LogP) is 2.45. The van der Waals surface area contributed by atoms with Gasteiger partial charge in [0.25, 0.3) is 0 Å². The van der Waals surface area contributed by atoms with Crippen molar-refractivity contribution in [3.8, 4) is 0 Å². The van der Waals surface area contributed by atoms with Crippen molar-refractivity contribution in [2.75, 3.05) is 26.2 Å². The zero-order valence-corrected chi connectivity index (χ0v) is 13.7. The lowest BCUT2D eigenvalue weighted by Gasteiger charge is -2.40. The molecule has 2 heterocycles. The summed E-state index contributed by atoms with van der Waals surface area (Å²) in [6, 6.07) is 2.25. The Hall–Kier alpha value is -1.00. The molecule has 1 saturated heterocycles. The van der Waals surface area contributed by atoms with Gasteiger partial charge in [0.05, 0.1) is 5.54 Å². The number of rotatable bonds is 5. The van der Waals surface area contributed by atoms with E-state index in [-0.39, 0.29) is 5.54 Å². The minimum atomic E-state index is -0.0739. The maximum absolute atomic E-state index is 4.95. The first-order valence-corrected chi connectivity index (χ1v) is 8.45. The molecule has 116 valence electrons. The highest BCUT2D eigenvalue weighted by atomic mass is 15.3. The van der Waals surface area contributed by atoms with Gasteiger partial charge in [0.1, 0.15) is 5.82 Å². The smallest absolute Gasteiger partial charge is 0.148 e. The summed E-state index contributed by atoms with van der Waals surface area (Å²) < 4.78 is 0. The van der Waals surface area contributed by atoms with E-state index in [9.17, 15) is 0 Å². The zero-order chi connectivity index (χ0) is 14.9. The molecule has 1 aromatic rings. The monoisotopic (exact) mass is 288 g/mol. The van der Waals surface area contributed by atoms with Crippen LogP contribution in [0.2, 0.25) is 0 Å². The molecule has 2 fully saturated rings. The van der Waals surface area contributed by atoms with E-state index in [4.69, 9.17) is 9.97 Å². The second-order valence-corrected chi connectivity index (χ2v) is 6.93. The number of nitrogens with one attached hydrogen (secondary N) is 1. The molecule has 1 saturated carbocycles. The molecular weight excluding hydrogens is 260 g/mol. The quantitative estimate of drug-likeness (QED) is 0.903. The molecule has 4 heteroatoms. The third-order valence-corrected chi connectivity index (χ3v) is 4.76. The van der Waals surface area contributed by atoms with Crippen LogP contribution in [0, 0.1) is 0 Å². The number of aryl methyl sites for hydroxylation is 1. The summed E-state index contributed by atoms with van der Waals surface area (Å²) in [6.07, 6.45) is 4.81. The Morgan fingerprint density at radius 2 is 1.95 bits per heavy atom. The molecule has 1 N–H and O–H groups in total. The van der Waals surface area contributed by atoms with Gasteiger partial charge in [-0.2, -0.15) is 0 Å². The molecule has 21 heavy (non-hydrogen) atoms. The maximum Gasteiger partial charge on any atom is 0.148 e. The Kier molecular flexibility index (Phi) is 4.27. The van der Waals surface area contributed by atoms with Gasteiger partial charge < -0.3 is 5.32 Å². The standard InChI is InChI=1S/C17H28N4/c1-4-5-14-12-15(13-6-7-13)20-16(19-14)17(2,3)21-10-8-18-9-11-21/h12-13,18H,4-11H2,1-3H3. The van der Waals surface area contributed by atoms with Crippen molar-refractivity contribution in [1.82, 2.24) is 20.2 Å². The average Bonchev–Trinajstić information content (AvgIpc) is 3.33. The molecule has 0 radical (unpaired) electrons. The van der Waals surface area contributed by atoms with Crippen molar-refractivity contribution in [2.45, 2.75) is 57.9 Å². The average molecular weight is 288 g/mol. The molecule has 4 nitrogen and oxygen atoms in total. The topological polar surface area (TPSA) is 41.1 Å². The minimum absolute atomic E-state index is 0.0739. The number of piperazine rings is 1. The van der Waals surface area contributed by atoms with Gasteiger partial charge in [-0.05, 0) is 39.2 Å². The third kappa shape index (κ3) is 3.27. The molecule has 1 aliphatic carbocycles. The van der Waals surface area contributed by atoms with E-state index in [1.165, 1.54) is 24.2 Å². The molecule has 0 atom stereocenters. The minimum Gasteiger partial charge on any atom is -0.314 e. The van der Waals surface area contributed by atoms with Crippen LogP contribution in [0.25, 0.3) is 0 Å². The fraction of sp³-hybridized carbons (Fsp3) is 0.765. The number of hydrogen-bond donors (Lipinski definition) is 1. The van der Waals surface area contributed by atoms with Gasteiger partial charge in [-0.15, -0.1) is 0 Å². The number of hydrogen-bond acceptors (Lipinski definition) is 4. The fourth-order valence-corrected chi connectivity index (χ4v) is 3.13. The summed E-state index contributed by atoms with van der Waals surface area (Å²) in [6.45, 7) is 11.1. The molecule has 2 aliphatic rings. The Morgan fingerprint density at radius 3 is 2.57 bits per heavy atom. The lowest BCUT2D eigenvalue weighted by Crippen LogP contribution is -2.52. The van der Waals surface area contributed by atoms with Crippen LogP contribution >= 0.6 is 0 Å². The van der Waals surface area contributed by atoms with Crippen LogP contribution in [-0.2, 0) is 12.0 Å². The molecular formula is C17H28N4. The van der Waals surface area contributed by atoms with Gasteiger partial charge in [-0.1, -0.05) is 13.3 Å². The fourth-order valence-electron chi connectivity index (χ4n) is 3.13. The van der Waals surface area contributed by atoms with E-state index in [0.29, 0.717) is 5.92 Å². The van der Waals surface area contributed by atoms with Crippen LogP contribution in [0.4, 0.5) is 0 Å². The largest absolute Gasteiger partial charge is 0.314 e. The summed E-state index contributed by atoms with van der Waals surface area (Å²) in [5.41, 5.74) is 2.44. The molecule has 0 spiro atoms. The highest BCUT2D eigenvalue weighted by Gasteiger charge is 2.34. The van der Waals surface area contributed by atoms with Crippen LogP contribution in [0.3, 0.4) is 0 Å². The number of aromatic nitrogens is 2. The molecule has 0 aromatic carbocycles. The van der Waals surface area contributed by atoms with Crippen molar-refractivity contribution in [3.05, 3.63) is 23.3 Å². The summed E-state index contributed by atoms with van der Waals surface area (Å²) in [5.74, 6) is 1.72. The second kappa shape index (κ2) is 6.01. The normalized spacial score (nSPS) is 20.7. The van der Waals surface area contributed by atoms with Crippen molar-refractivity contribution >= 4 is 0 Å². The van der Waals surface area contributed by atoms with Gasteiger partial charge in [0.15, 0.2) is 0 Å². The van der Waals surface area contributed by atoms with Gasteiger partial charge in [-0.3, -0.25) is 4.90 Å². The summed E-state index contributed by atoms with van der Waals surface area (Å²) in [5, 5.41) is 3.43. The first kappa shape index (κ1) is 14.9. The molecule has 0 bridgehead atoms. The van der Waals surface area contributed by atoms with Gasteiger partial charge in [0, 0.05) is 43.5 Å². The van der Waals surface area contributed by atoms with Crippen LogP contribution in [-0.4, -0.2) is 41.0 Å². The van der Waals surface area contributed by atoms with Gasteiger partial charge in [0.2, 0.25) is 0 Å². The molecule has 1 aliphatic heterocycles. The molecule has 1 aromatic heterocycles. The van der Waals surface area contributed by atoms with Crippen LogP contribution in [0.1, 0.15) is 63.2 Å². The van der Waals surface area contributed by atoms with Gasteiger partial charge in [-0.25, -0.2) is 9.97 Å². The van der Waals surface area contributed by atoms with E-state index in [0.717, 1.165) is 44.8 Å². The van der Waals surface area contributed by atoms with E-state index in [1.807, 2.05) is 0 Å². The first-order valence-electron chi connectivity index (χ1n) is 8.45. The van der Waals surface area contributed by atoms with Crippen LogP contribution in [0.5, 0.6) is 0 Å². The lowest BCUT2D eigenvalue weighted by molar-refractivity contribution is 0.0943. The lowest BCUT2D eigenvalue weighted by atomic mass is 9.99. The molecule has 0 amide bonds. The van der Waals surface area contributed by atoms with Crippen molar-refractivity contribution in [3.63, 3.8) is 0 Å². The Balaban J connectivity index is 1.91. The SMILES string of the molecule is CCCc1cc(C2CC2)nc(C(C)(C)N2CCNCC2)n1. The van der Waals surface area contributed by atoms with E-state index in [2.05, 4.69) is 37.1 Å². The van der Waals surface area contributed by atoms with E-state index >= 15 is 0 Å². The molecule has 0 unspecified atom stereocenters. The highest BCUT2D eigenvalue weighted by molar-refractivity contribution is 5.22. The van der Waals surface area contributed by atoms with Crippen molar-refractivity contribution in [2.24, 2.45) is 0 Å². The predicted molar refractivity (Wildman–Crippen MR) is 85.5 cm³/mol. The maximum atomic E-state index is 4.95. The van der Waals surface area contributed by atoms with E-state index < -0.39 is 0 Å². The van der Waals surface area contributed by atoms with Crippen molar-refractivity contribution in [1.29, 1.82) is 0 Å². The summed E-state index contributed by atoms with van der Waals surface area (Å²) in [7, 11) is 0. The zero-order valence-electron chi connectivity index (χ0n) is 13.7. The van der Waals surface area contributed by atoms with Crippen molar-refractivity contribution < 1.29 is 0 Å². The Labute approximate surface area is 128 Å².